The van der Waals surface area contributed by atoms with E-state index in [0.717, 1.165) is 31.8 Å². The summed E-state index contributed by atoms with van der Waals surface area (Å²) < 4.78 is 61.7. The van der Waals surface area contributed by atoms with Crippen LogP contribution in [0.15, 0.2) is 48.6 Å². The van der Waals surface area contributed by atoms with E-state index in [9.17, 15) is 21.2 Å². The van der Waals surface area contributed by atoms with Crippen molar-refractivity contribution in [1.82, 2.24) is 0 Å². The number of nitrogens with zero attached hydrogens (tertiary/aromatic N) is 2. The maximum Gasteiger partial charge on any atom is 0.495 e. The molecule has 146 valence electrons. The summed E-state index contributed by atoms with van der Waals surface area (Å²) in [4.78, 5) is 2.49. The summed E-state index contributed by atoms with van der Waals surface area (Å²) in [5, 5.41) is 0. The molecule has 1 aromatic rings. The number of halogens is 1. The monoisotopic (exact) mass is 412 g/mol. The lowest BCUT2D eigenvalue weighted by Gasteiger charge is -2.01. The Morgan fingerprint density at radius 3 is 2.26 bits per heavy atom. The third-order valence-corrected chi connectivity index (χ3v) is 8.26. The molecule has 0 unspecified atom stereocenters. The minimum Gasteiger partial charge on any atom is -0.359 e. The number of rotatable bonds is 6. The van der Waals surface area contributed by atoms with Gasteiger partial charge in [-0.15, -0.1) is 4.79 Å². The minimum atomic E-state index is -4.52. The van der Waals surface area contributed by atoms with Crippen molar-refractivity contribution in [3.8, 4) is 0 Å². The second-order valence-corrected chi connectivity index (χ2v) is 10.5. The molecule has 0 spiro atoms. The van der Waals surface area contributed by atoms with Crippen molar-refractivity contribution in [3.63, 3.8) is 0 Å². The van der Waals surface area contributed by atoms with E-state index in [1.165, 1.54) is 18.2 Å². The van der Waals surface area contributed by atoms with Gasteiger partial charge in [0.05, 0.1) is 11.5 Å². The van der Waals surface area contributed by atoms with Gasteiger partial charge in [0.1, 0.15) is 5.83 Å². The predicted octanol–water partition coefficient (Wildman–Crippen LogP) is 3.16. The van der Waals surface area contributed by atoms with Crippen molar-refractivity contribution in [2.24, 2.45) is 5.92 Å². The summed E-state index contributed by atoms with van der Waals surface area (Å²) in [6.45, 7) is 0. The van der Waals surface area contributed by atoms with Gasteiger partial charge in [0.2, 0.25) is 0 Å². The average Bonchev–Trinajstić information content (AvgIpc) is 3.14. The highest BCUT2D eigenvalue weighted by molar-refractivity contribution is 8.31. The molecule has 1 fully saturated rings. The molecule has 0 saturated heterocycles. The number of allylic oxidation sites excluding steroid dienone is 1. The fraction of sp³-hybridized carbons (Fsp3) is 0.389. The largest absolute Gasteiger partial charge is 0.495 e. The van der Waals surface area contributed by atoms with Crippen LogP contribution in [-0.4, -0.2) is 37.5 Å². The average molecular weight is 413 g/mol. The normalized spacial score (nSPS) is 16.6. The van der Waals surface area contributed by atoms with E-state index < -0.39 is 41.4 Å². The van der Waals surface area contributed by atoms with Gasteiger partial charge in [-0.3, -0.25) is 0 Å². The highest BCUT2D eigenvalue weighted by atomic mass is 32.3. The van der Waals surface area contributed by atoms with Gasteiger partial charge in [0, 0.05) is 5.56 Å². The van der Waals surface area contributed by atoms with Gasteiger partial charge in [-0.25, -0.2) is 21.2 Å². The van der Waals surface area contributed by atoms with Crippen molar-refractivity contribution in [2.75, 3.05) is 11.5 Å². The molecule has 0 aliphatic heterocycles. The Kier molecular flexibility index (Phi) is 7.24. The maximum atomic E-state index is 14.0. The summed E-state index contributed by atoms with van der Waals surface area (Å²) >= 11 is 0. The van der Waals surface area contributed by atoms with Crippen molar-refractivity contribution in [3.05, 3.63) is 59.7 Å². The molecule has 0 radical (unpaired) electrons. The van der Waals surface area contributed by atoms with Gasteiger partial charge in [-0.05, 0) is 24.8 Å². The Morgan fingerprint density at radius 2 is 1.67 bits per heavy atom. The molecule has 27 heavy (non-hydrogen) atoms. The molecule has 2 rings (SSSR count). The highest BCUT2D eigenvalue weighted by Gasteiger charge is 2.40. The first-order chi connectivity index (χ1) is 12.8. The molecule has 1 saturated carbocycles. The maximum absolute atomic E-state index is 14.0. The Hall–Kier alpha value is -2.09. The van der Waals surface area contributed by atoms with Crippen LogP contribution < -0.4 is 0 Å². The van der Waals surface area contributed by atoms with Gasteiger partial charge >= 0.3 is 4.38 Å². The van der Waals surface area contributed by atoms with Crippen LogP contribution in [0.5, 0.6) is 0 Å². The number of benzene rings is 1. The van der Waals surface area contributed by atoms with Gasteiger partial charge in [-0.1, -0.05) is 55.3 Å². The molecule has 0 N–H and O–H groups in total. The van der Waals surface area contributed by atoms with Crippen molar-refractivity contribution >= 4 is 29.9 Å². The second-order valence-electron chi connectivity index (χ2n) is 6.32. The number of hydrogen-bond donors (Lipinski definition) is 0. The minimum absolute atomic E-state index is 0.164. The third-order valence-electron chi connectivity index (χ3n) is 4.27. The molecule has 0 heterocycles. The van der Waals surface area contributed by atoms with E-state index in [1.807, 2.05) is 0 Å². The Balaban J connectivity index is 2.13. The lowest BCUT2D eigenvalue weighted by molar-refractivity contribution is 0.00385. The molecule has 0 bridgehead atoms. The van der Waals surface area contributed by atoms with E-state index in [-0.39, 0.29) is 11.5 Å². The van der Waals surface area contributed by atoms with Crippen LogP contribution in [0, 0.1) is 5.92 Å². The van der Waals surface area contributed by atoms with Crippen LogP contribution in [0.2, 0.25) is 0 Å². The number of hydrogen-bond acceptors (Lipinski definition) is 4. The van der Waals surface area contributed by atoms with Gasteiger partial charge in [0.15, 0.2) is 0 Å². The van der Waals surface area contributed by atoms with Crippen molar-refractivity contribution in [1.29, 1.82) is 0 Å². The van der Waals surface area contributed by atoms with E-state index in [4.69, 9.17) is 5.53 Å². The van der Waals surface area contributed by atoms with Crippen LogP contribution in [0.4, 0.5) is 4.39 Å². The fourth-order valence-corrected chi connectivity index (χ4v) is 6.10. The van der Waals surface area contributed by atoms with Gasteiger partial charge < -0.3 is 5.53 Å². The standard InChI is InChI=1S/C18H21FN2O4S2/c19-17(16-10-2-1-3-11-16)12-14-27(24,25)18(21-20)26(22,23)13-6-9-15-7-4-5-8-15/h1-3,6,9-12,15H,4-5,7-8,13-14H2. The zero-order valence-corrected chi connectivity index (χ0v) is 16.3. The van der Waals surface area contributed by atoms with Crippen LogP contribution in [0.3, 0.4) is 0 Å². The Labute approximate surface area is 158 Å². The predicted molar refractivity (Wildman–Crippen MR) is 103 cm³/mol. The summed E-state index contributed by atoms with van der Waals surface area (Å²) in [5.41, 5.74) is 9.15. The van der Waals surface area contributed by atoms with E-state index in [2.05, 4.69) is 4.79 Å². The summed E-state index contributed by atoms with van der Waals surface area (Å²) in [7, 11) is -8.88. The van der Waals surface area contributed by atoms with Crippen molar-refractivity contribution in [2.45, 2.75) is 25.7 Å². The van der Waals surface area contributed by atoms with E-state index in [1.54, 1.807) is 24.3 Å². The van der Waals surface area contributed by atoms with Gasteiger partial charge in [-0.2, -0.15) is 0 Å². The third kappa shape index (κ3) is 5.95. The summed E-state index contributed by atoms with van der Waals surface area (Å²) in [6, 6.07) is 7.74. The summed E-state index contributed by atoms with van der Waals surface area (Å²) in [6.07, 6.45) is 7.99. The fourth-order valence-electron chi connectivity index (χ4n) is 2.88. The SMILES string of the molecule is [N-]=[N+]=C(S(=O)(=O)CC=CC1CCCC1)S(=O)(=O)CC=C(F)c1ccccc1. The quantitative estimate of drug-likeness (QED) is 0.235. The Bertz CT molecular complexity index is 971. The summed E-state index contributed by atoms with van der Waals surface area (Å²) in [5.74, 6) is -2.05. The van der Waals surface area contributed by atoms with Crippen LogP contribution in [0.25, 0.3) is 11.4 Å². The topological polar surface area (TPSA) is 105 Å². The van der Waals surface area contributed by atoms with Crippen LogP contribution >= 0.6 is 0 Å². The first-order valence-electron chi connectivity index (χ1n) is 8.51. The highest BCUT2D eigenvalue weighted by Crippen LogP contribution is 2.25. The van der Waals surface area contributed by atoms with Crippen molar-refractivity contribution < 1.29 is 26.0 Å². The first-order valence-corrected chi connectivity index (χ1v) is 11.8. The Morgan fingerprint density at radius 1 is 1.07 bits per heavy atom. The molecule has 6 nitrogen and oxygen atoms in total. The zero-order valence-electron chi connectivity index (χ0n) is 14.7. The molecule has 0 atom stereocenters. The molecule has 9 heteroatoms. The smallest absolute Gasteiger partial charge is 0.359 e. The molecule has 0 amide bonds. The first kappa shape index (κ1) is 21.2. The number of sulfone groups is 2. The van der Waals surface area contributed by atoms with Crippen LogP contribution in [-0.2, 0) is 19.7 Å². The molecule has 1 aliphatic rings. The van der Waals surface area contributed by atoms with Crippen LogP contribution in [0.1, 0.15) is 31.2 Å². The second kappa shape index (κ2) is 9.21. The molecule has 0 aromatic heterocycles. The molecular formula is C18H21FN2O4S2. The van der Waals surface area contributed by atoms with E-state index in [0.29, 0.717) is 0 Å². The molecule has 1 aliphatic carbocycles. The van der Waals surface area contributed by atoms with E-state index >= 15 is 0 Å². The van der Waals surface area contributed by atoms with Gasteiger partial charge in [0.25, 0.3) is 19.7 Å². The zero-order chi connectivity index (χ0) is 19.9. The molecule has 1 aromatic carbocycles. The lowest BCUT2D eigenvalue weighted by Crippen LogP contribution is -2.29. The lowest BCUT2D eigenvalue weighted by atomic mass is 10.1. The molecular weight excluding hydrogens is 391 g/mol.